The maximum Gasteiger partial charge on any atom is 0.137 e. The highest BCUT2D eigenvalue weighted by Gasteiger charge is 2.22. The largest absolute Gasteiger partial charge is 0.394 e. The van der Waals surface area contributed by atoms with Crippen LogP contribution in [0.4, 0.5) is 0 Å². The van der Waals surface area contributed by atoms with Crippen LogP contribution in [-0.4, -0.2) is 24.0 Å². The Balaban J connectivity index is 2.35. The zero-order valence-electron chi connectivity index (χ0n) is 5.47. The molecule has 0 aromatic heterocycles. The first-order chi connectivity index (χ1) is 4.86. The van der Waals surface area contributed by atoms with E-state index in [0.29, 0.717) is 0 Å². The lowest BCUT2D eigenvalue weighted by Gasteiger charge is -2.04. The smallest absolute Gasteiger partial charge is 0.137 e. The van der Waals surface area contributed by atoms with E-state index in [2.05, 4.69) is 10.0 Å². The molecule has 0 spiro atoms. The molecule has 0 radical (unpaired) electrons. The fourth-order valence-corrected chi connectivity index (χ4v) is 0.964. The van der Waals surface area contributed by atoms with Gasteiger partial charge in [-0.3, -0.25) is 0 Å². The molecule has 0 bridgehead atoms. The van der Waals surface area contributed by atoms with Crippen molar-refractivity contribution in [1.82, 2.24) is 0 Å². The number of azide groups is 1. The lowest BCUT2D eigenvalue weighted by atomic mass is 10.2. The molecular formula is C5H9N3O2. The zero-order chi connectivity index (χ0) is 7.40. The number of rotatable bonds is 2. The number of ether oxygens (including phenoxy) is 1. The Hall–Kier alpha value is -0.770. The molecule has 1 N–H and O–H groups in total. The number of hydrogen-bond acceptors (Lipinski definition) is 3. The molecule has 1 rings (SSSR count). The quantitative estimate of drug-likeness (QED) is 0.352. The third-order valence-corrected chi connectivity index (χ3v) is 1.47. The number of aliphatic hydroxyl groups is 1. The number of hydrogen-bond donors (Lipinski definition) is 1. The first-order valence-corrected chi connectivity index (χ1v) is 3.17. The Morgan fingerprint density at radius 1 is 1.70 bits per heavy atom. The molecule has 1 heterocycles. The molecule has 1 saturated heterocycles. The van der Waals surface area contributed by atoms with Gasteiger partial charge in [-0.05, 0) is 18.4 Å². The maximum atomic E-state index is 8.59. The van der Waals surface area contributed by atoms with Crippen molar-refractivity contribution >= 4 is 0 Å². The van der Waals surface area contributed by atoms with E-state index in [1.165, 1.54) is 0 Å². The molecule has 1 aliphatic heterocycles. The Labute approximate surface area is 58.2 Å². The van der Waals surface area contributed by atoms with Gasteiger partial charge in [0.1, 0.15) is 6.23 Å². The molecular weight excluding hydrogens is 134 g/mol. The van der Waals surface area contributed by atoms with Gasteiger partial charge in [-0.1, -0.05) is 5.11 Å². The topological polar surface area (TPSA) is 78.2 Å². The summed E-state index contributed by atoms with van der Waals surface area (Å²) < 4.78 is 5.08. The average molecular weight is 143 g/mol. The van der Waals surface area contributed by atoms with E-state index in [9.17, 15) is 0 Å². The van der Waals surface area contributed by atoms with E-state index in [-0.39, 0.29) is 18.9 Å². The second kappa shape index (κ2) is 3.41. The summed E-state index contributed by atoms with van der Waals surface area (Å²) in [4.78, 5) is 2.60. The van der Waals surface area contributed by atoms with Crippen LogP contribution in [-0.2, 0) is 4.74 Å². The molecule has 1 aliphatic rings. The van der Waals surface area contributed by atoms with Crippen molar-refractivity contribution in [2.45, 2.75) is 25.2 Å². The van der Waals surface area contributed by atoms with Crippen molar-refractivity contribution in [3.63, 3.8) is 0 Å². The lowest BCUT2D eigenvalue weighted by molar-refractivity contribution is 0.0150. The predicted molar refractivity (Wildman–Crippen MR) is 34.1 cm³/mol. The lowest BCUT2D eigenvalue weighted by Crippen LogP contribution is -2.12. The average Bonchev–Trinajstić information content (AvgIpc) is 2.37. The van der Waals surface area contributed by atoms with Crippen molar-refractivity contribution in [2.75, 3.05) is 6.61 Å². The van der Waals surface area contributed by atoms with Crippen LogP contribution < -0.4 is 0 Å². The fourth-order valence-electron chi connectivity index (χ4n) is 0.964. The summed E-state index contributed by atoms with van der Waals surface area (Å²) in [5, 5.41) is 12.0. The van der Waals surface area contributed by atoms with Crippen molar-refractivity contribution in [3.8, 4) is 0 Å². The Morgan fingerprint density at radius 3 is 3.00 bits per heavy atom. The molecule has 56 valence electrons. The zero-order valence-corrected chi connectivity index (χ0v) is 5.47. The molecule has 5 nitrogen and oxygen atoms in total. The van der Waals surface area contributed by atoms with Gasteiger partial charge < -0.3 is 9.84 Å². The van der Waals surface area contributed by atoms with Crippen molar-refractivity contribution in [1.29, 1.82) is 0 Å². The molecule has 0 unspecified atom stereocenters. The molecule has 0 saturated carbocycles. The number of nitrogens with zero attached hydrogens (tertiary/aromatic N) is 3. The van der Waals surface area contributed by atoms with Crippen LogP contribution >= 0.6 is 0 Å². The van der Waals surface area contributed by atoms with Gasteiger partial charge in [0, 0.05) is 4.91 Å². The van der Waals surface area contributed by atoms with Crippen LogP contribution in [0.25, 0.3) is 10.4 Å². The van der Waals surface area contributed by atoms with Crippen LogP contribution in [0.15, 0.2) is 5.11 Å². The summed E-state index contributed by atoms with van der Waals surface area (Å²) in [7, 11) is 0. The minimum absolute atomic E-state index is 0.0114. The second-order valence-electron chi connectivity index (χ2n) is 2.18. The van der Waals surface area contributed by atoms with Crippen molar-refractivity contribution in [2.24, 2.45) is 5.11 Å². The third-order valence-electron chi connectivity index (χ3n) is 1.47. The van der Waals surface area contributed by atoms with Gasteiger partial charge in [0.25, 0.3) is 0 Å². The van der Waals surface area contributed by atoms with Gasteiger partial charge in [0.15, 0.2) is 0 Å². The van der Waals surface area contributed by atoms with E-state index in [1.54, 1.807) is 0 Å². The maximum absolute atomic E-state index is 8.59. The molecule has 1 fully saturated rings. The van der Waals surface area contributed by atoms with Crippen LogP contribution in [0.2, 0.25) is 0 Å². The molecule has 0 amide bonds. The monoisotopic (exact) mass is 143 g/mol. The Bertz CT molecular complexity index is 155. The summed E-state index contributed by atoms with van der Waals surface area (Å²) >= 11 is 0. The molecule has 2 atom stereocenters. The highest BCUT2D eigenvalue weighted by atomic mass is 16.5. The summed E-state index contributed by atoms with van der Waals surface area (Å²) in [6.07, 6.45) is 1.01. The molecule has 0 aromatic rings. The molecule has 10 heavy (non-hydrogen) atoms. The number of aliphatic hydroxyl groups excluding tert-OH is 1. The van der Waals surface area contributed by atoms with Gasteiger partial charge in [-0.25, -0.2) is 0 Å². The van der Waals surface area contributed by atoms with Gasteiger partial charge in [0.2, 0.25) is 0 Å². The SMILES string of the molecule is [N-]=[N+]=N[C@H]1CC[C@@H](CO)O1. The van der Waals surface area contributed by atoms with E-state index >= 15 is 0 Å². The minimum atomic E-state index is -0.359. The standard InChI is InChI=1S/C5H9N3O2/c6-8-7-5-2-1-4(3-9)10-5/h4-5,9H,1-3H2/t4-,5+/m0/s1. The van der Waals surface area contributed by atoms with Gasteiger partial charge in [-0.2, -0.15) is 0 Å². The second-order valence-corrected chi connectivity index (χ2v) is 2.18. The van der Waals surface area contributed by atoms with E-state index in [1.807, 2.05) is 0 Å². The van der Waals surface area contributed by atoms with Crippen molar-refractivity contribution < 1.29 is 9.84 Å². The van der Waals surface area contributed by atoms with Gasteiger partial charge in [-0.15, -0.1) is 0 Å². The van der Waals surface area contributed by atoms with Gasteiger partial charge >= 0.3 is 0 Å². The Kier molecular flexibility index (Phi) is 2.50. The van der Waals surface area contributed by atoms with Crippen LogP contribution in [0, 0.1) is 0 Å². The highest BCUT2D eigenvalue weighted by Crippen LogP contribution is 2.19. The highest BCUT2D eigenvalue weighted by molar-refractivity contribution is 4.71. The van der Waals surface area contributed by atoms with Crippen molar-refractivity contribution in [3.05, 3.63) is 10.4 Å². The molecule has 5 heteroatoms. The van der Waals surface area contributed by atoms with Gasteiger partial charge in [0.05, 0.1) is 12.7 Å². The summed E-state index contributed by atoms with van der Waals surface area (Å²) in [5.41, 5.74) is 8.00. The first-order valence-electron chi connectivity index (χ1n) is 3.17. The van der Waals surface area contributed by atoms with E-state index < -0.39 is 0 Å². The predicted octanol–water partition coefficient (Wildman–Crippen LogP) is 0.794. The summed E-state index contributed by atoms with van der Waals surface area (Å²) in [6, 6.07) is 0. The fraction of sp³-hybridized carbons (Fsp3) is 1.00. The summed E-state index contributed by atoms with van der Waals surface area (Å²) in [6.45, 7) is 0.0114. The molecule has 0 aromatic carbocycles. The van der Waals surface area contributed by atoms with Crippen LogP contribution in [0.5, 0.6) is 0 Å². The molecule has 0 aliphatic carbocycles. The first kappa shape index (κ1) is 7.34. The van der Waals surface area contributed by atoms with E-state index in [0.717, 1.165) is 12.8 Å². The third kappa shape index (κ3) is 1.60. The summed E-state index contributed by atoms with van der Waals surface area (Å²) in [5.74, 6) is 0. The minimum Gasteiger partial charge on any atom is -0.394 e. The van der Waals surface area contributed by atoms with Crippen LogP contribution in [0.3, 0.4) is 0 Å². The normalized spacial score (nSPS) is 31.7. The van der Waals surface area contributed by atoms with E-state index in [4.69, 9.17) is 15.4 Å². The Morgan fingerprint density at radius 2 is 2.50 bits per heavy atom. The van der Waals surface area contributed by atoms with Crippen LogP contribution in [0.1, 0.15) is 12.8 Å².